The number of pyridine rings is 1. The van der Waals surface area contributed by atoms with E-state index in [1.54, 1.807) is 20.4 Å². The molecule has 0 saturated carbocycles. The van der Waals surface area contributed by atoms with E-state index in [0.717, 1.165) is 33.9 Å². The third-order valence-electron chi connectivity index (χ3n) is 4.10. The molecule has 0 radical (unpaired) electrons. The Bertz CT molecular complexity index is 1010. The number of ether oxygens (including phenoxy) is 2. The van der Waals surface area contributed by atoms with Gasteiger partial charge in [0.1, 0.15) is 23.1 Å². The largest absolute Gasteiger partial charge is 0.497 e. The van der Waals surface area contributed by atoms with Gasteiger partial charge >= 0.3 is 0 Å². The van der Waals surface area contributed by atoms with Crippen LogP contribution in [0.3, 0.4) is 0 Å². The summed E-state index contributed by atoms with van der Waals surface area (Å²) in [6.45, 7) is 0. The van der Waals surface area contributed by atoms with Gasteiger partial charge in [-0.1, -0.05) is 12.1 Å². The highest BCUT2D eigenvalue weighted by molar-refractivity contribution is 5.79. The maximum Gasteiger partial charge on any atom is 0.146 e. The van der Waals surface area contributed by atoms with E-state index >= 15 is 0 Å². The number of methoxy groups -OCH3 is 2. The van der Waals surface area contributed by atoms with Gasteiger partial charge in [0.25, 0.3) is 0 Å². The predicted molar refractivity (Wildman–Crippen MR) is 102 cm³/mol. The number of nitrogens with one attached hydrogen (secondary N) is 2. The number of aromatic nitrogens is 3. The van der Waals surface area contributed by atoms with Crippen molar-refractivity contribution in [3.05, 3.63) is 60.8 Å². The van der Waals surface area contributed by atoms with Crippen LogP contribution in [-0.2, 0) is 0 Å². The molecule has 2 aromatic carbocycles. The fraction of sp³-hybridized carbons (Fsp3) is 0.100. The molecule has 0 aliphatic carbocycles. The number of anilines is 2. The molecule has 0 unspecified atom stereocenters. The molecule has 0 atom stereocenters. The van der Waals surface area contributed by atoms with Crippen molar-refractivity contribution < 1.29 is 9.47 Å². The number of para-hydroxylation sites is 2. The summed E-state index contributed by atoms with van der Waals surface area (Å²) in [5.74, 6) is 2.94. The van der Waals surface area contributed by atoms with E-state index in [0.29, 0.717) is 11.6 Å². The molecule has 26 heavy (non-hydrogen) atoms. The zero-order valence-corrected chi connectivity index (χ0v) is 14.5. The highest BCUT2D eigenvalue weighted by Gasteiger charge is 2.08. The summed E-state index contributed by atoms with van der Waals surface area (Å²) in [5.41, 5.74) is 3.69. The van der Waals surface area contributed by atoms with Gasteiger partial charge in [-0.3, -0.25) is 0 Å². The average molecular weight is 346 g/mol. The minimum absolute atomic E-state index is 0.688. The van der Waals surface area contributed by atoms with Crippen LogP contribution in [0.15, 0.2) is 60.8 Å². The van der Waals surface area contributed by atoms with E-state index in [-0.39, 0.29) is 0 Å². The number of hydrogen-bond donors (Lipinski definition) is 2. The van der Waals surface area contributed by atoms with Gasteiger partial charge in [0, 0.05) is 17.8 Å². The van der Waals surface area contributed by atoms with Crippen molar-refractivity contribution in [2.75, 3.05) is 19.5 Å². The summed E-state index contributed by atoms with van der Waals surface area (Å²) < 4.78 is 10.6. The Kier molecular flexibility index (Phi) is 4.15. The summed E-state index contributed by atoms with van der Waals surface area (Å²) >= 11 is 0. The first-order valence-corrected chi connectivity index (χ1v) is 8.17. The molecule has 0 saturated heterocycles. The van der Waals surface area contributed by atoms with Crippen LogP contribution in [0.4, 0.5) is 11.5 Å². The first-order chi connectivity index (χ1) is 12.8. The molecule has 2 N–H and O–H groups in total. The molecule has 2 heterocycles. The minimum atomic E-state index is 0.688. The molecule has 0 amide bonds. The zero-order valence-electron chi connectivity index (χ0n) is 14.5. The number of hydrogen-bond acceptors (Lipinski definition) is 5. The Morgan fingerprint density at radius 2 is 1.85 bits per heavy atom. The van der Waals surface area contributed by atoms with Crippen LogP contribution < -0.4 is 14.8 Å². The van der Waals surface area contributed by atoms with Crippen LogP contribution in [-0.4, -0.2) is 29.2 Å². The second kappa shape index (κ2) is 6.76. The van der Waals surface area contributed by atoms with E-state index in [2.05, 4.69) is 20.3 Å². The molecule has 4 aromatic rings. The van der Waals surface area contributed by atoms with Gasteiger partial charge in [0.2, 0.25) is 0 Å². The lowest BCUT2D eigenvalue weighted by molar-refractivity contribution is 0.395. The first-order valence-electron chi connectivity index (χ1n) is 8.17. The summed E-state index contributed by atoms with van der Waals surface area (Å²) in [6, 6.07) is 17.4. The van der Waals surface area contributed by atoms with Gasteiger partial charge in [-0.25, -0.2) is 9.97 Å². The second-order valence-corrected chi connectivity index (χ2v) is 5.73. The van der Waals surface area contributed by atoms with Gasteiger partial charge < -0.3 is 19.8 Å². The summed E-state index contributed by atoms with van der Waals surface area (Å²) in [5, 5.41) is 3.26. The van der Waals surface area contributed by atoms with Crippen LogP contribution >= 0.6 is 0 Å². The first kappa shape index (κ1) is 16.0. The second-order valence-electron chi connectivity index (χ2n) is 5.73. The molecule has 4 rings (SSSR count). The Hall–Kier alpha value is -3.54. The molecular weight excluding hydrogens is 328 g/mol. The van der Waals surface area contributed by atoms with Crippen LogP contribution in [0.1, 0.15) is 0 Å². The Labute approximate surface area is 150 Å². The molecule has 2 aromatic heterocycles. The molecule has 6 nitrogen and oxygen atoms in total. The lowest BCUT2D eigenvalue weighted by Crippen LogP contribution is -1.97. The fourth-order valence-corrected chi connectivity index (χ4v) is 2.74. The standard InChI is InChI=1S/C20H18N4O2/c1-25-14-8-9-17(18(11-14)26-2)22-19-10-7-13(12-21-19)20-23-15-5-3-4-6-16(15)24-20/h3-12H,1-2H3,(H,21,22)(H,23,24). The number of rotatable bonds is 5. The van der Waals surface area contributed by atoms with Crippen LogP contribution in [0.25, 0.3) is 22.4 Å². The summed E-state index contributed by atoms with van der Waals surface area (Å²) in [7, 11) is 3.25. The molecule has 130 valence electrons. The monoisotopic (exact) mass is 346 g/mol. The third kappa shape index (κ3) is 3.04. The molecule has 0 aliphatic rings. The Morgan fingerprint density at radius 3 is 2.58 bits per heavy atom. The highest BCUT2D eigenvalue weighted by Crippen LogP contribution is 2.31. The minimum Gasteiger partial charge on any atom is -0.497 e. The molecule has 0 aliphatic heterocycles. The molecule has 0 spiro atoms. The van der Waals surface area contributed by atoms with Crippen LogP contribution in [0.2, 0.25) is 0 Å². The number of imidazole rings is 1. The van der Waals surface area contributed by atoms with Crippen LogP contribution in [0, 0.1) is 0 Å². The van der Waals surface area contributed by atoms with Gasteiger partial charge in [0.05, 0.1) is 30.9 Å². The van der Waals surface area contributed by atoms with Crippen molar-refractivity contribution in [2.45, 2.75) is 0 Å². The number of fused-ring (bicyclic) bond motifs is 1. The average Bonchev–Trinajstić information content (AvgIpc) is 3.13. The fourth-order valence-electron chi connectivity index (χ4n) is 2.74. The van der Waals surface area contributed by atoms with Crippen molar-refractivity contribution in [3.8, 4) is 22.9 Å². The molecular formula is C20H18N4O2. The topological polar surface area (TPSA) is 72.1 Å². The van der Waals surface area contributed by atoms with E-state index < -0.39 is 0 Å². The van der Waals surface area contributed by atoms with Crippen molar-refractivity contribution in [1.29, 1.82) is 0 Å². The Morgan fingerprint density at radius 1 is 0.962 bits per heavy atom. The molecule has 0 bridgehead atoms. The normalized spacial score (nSPS) is 10.7. The van der Waals surface area contributed by atoms with E-state index in [9.17, 15) is 0 Å². The van der Waals surface area contributed by atoms with Gasteiger partial charge in [-0.2, -0.15) is 0 Å². The highest BCUT2D eigenvalue weighted by atomic mass is 16.5. The van der Waals surface area contributed by atoms with Gasteiger partial charge in [-0.15, -0.1) is 0 Å². The summed E-state index contributed by atoms with van der Waals surface area (Å²) in [6.07, 6.45) is 1.79. The Balaban J connectivity index is 1.58. The van der Waals surface area contributed by atoms with Gasteiger partial charge in [0.15, 0.2) is 0 Å². The van der Waals surface area contributed by atoms with Crippen LogP contribution in [0.5, 0.6) is 11.5 Å². The van der Waals surface area contributed by atoms with Crippen molar-refractivity contribution in [3.63, 3.8) is 0 Å². The van der Waals surface area contributed by atoms with Crippen molar-refractivity contribution in [2.24, 2.45) is 0 Å². The lowest BCUT2D eigenvalue weighted by atomic mass is 10.2. The molecule has 6 heteroatoms. The number of nitrogens with zero attached hydrogens (tertiary/aromatic N) is 2. The van der Waals surface area contributed by atoms with E-state index in [1.165, 1.54) is 0 Å². The lowest BCUT2D eigenvalue weighted by Gasteiger charge is -2.12. The maximum absolute atomic E-state index is 5.40. The molecule has 0 fully saturated rings. The summed E-state index contributed by atoms with van der Waals surface area (Å²) in [4.78, 5) is 12.4. The zero-order chi connectivity index (χ0) is 17.9. The SMILES string of the molecule is COc1ccc(Nc2ccc(-c3nc4ccccc4[nH]3)cn2)c(OC)c1. The van der Waals surface area contributed by atoms with E-state index in [1.807, 2.05) is 54.6 Å². The number of aromatic amines is 1. The quantitative estimate of drug-likeness (QED) is 0.561. The smallest absolute Gasteiger partial charge is 0.146 e. The van der Waals surface area contributed by atoms with Gasteiger partial charge in [-0.05, 0) is 36.4 Å². The number of H-pyrrole nitrogens is 1. The van der Waals surface area contributed by atoms with Crippen molar-refractivity contribution in [1.82, 2.24) is 15.0 Å². The predicted octanol–water partition coefficient (Wildman–Crippen LogP) is 4.39. The van der Waals surface area contributed by atoms with E-state index in [4.69, 9.17) is 9.47 Å². The maximum atomic E-state index is 5.40. The van der Waals surface area contributed by atoms with Crippen molar-refractivity contribution >= 4 is 22.5 Å². The third-order valence-corrected chi connectivity index (χ3v) is 4.10. The number of benzene rings is 2.